The zero-order chi connectivity index (χ0) is 35.1. The molecular weight excluding hydrogens is 743 g/mol. The van der Waals surface area contributed by atoms with Crippen molar-refractivity contribution in [2.45, 2.75) is 38.8 Å². The molecule has 1 aliphatic carbocycles. The Kier molecular flexibility index (Phi) is 10.4. The van der Waals surface area contributed by atoms with E-state index in [1.54, 1.807) is 0 Å². The van der Waals surface area contributed by atoms with Crippen LogP contribution in [-0.4, -0.2) is 64.2 Å². The van der Waals surface area contributed by atoms with Crippen LogP contribution in [0.4, 0.5) is 0 Å². The lowest BCUT2D eigenvalue weighted by Gasteiger charge is -2.47. The monoisotopic (exact) mass is 772 g/mol. The van der Waals surface area contributed by atoms with Crippen LogP contribution in [0.15, 0.2) is 117 Å². The van der Waals surface area contributed by atoms with Gasteiger partial charge in [-0.1, -0.05) is 79.2 Å². The molecule has 0 aliphatic heterocycles. The average Bonchev–Trinajstić information content (AvgIpc) is 2.99. The van der Waals surface area contributed by atoms with Gasteiger partial charge in [0.25, 0.3) is 40.5 Å². The third kappa shape index (κ3) is 7.89. The van der Waals surface area contributed by atoms with Gasteiger partial charge < -0.3 is 0 Å². The molecule has 1 fully saturated rings. The molecule has 4 N–H and O–H groups in total. The van der Waals surface area contributed by atoms with Crippen LogP contribution in [0.25, 0.3) is 0 Å². The Balaban J connectivity index is 1.75. The summed E-state index contributed by atoms with van der Waals surface area (Å²) in [5.41, 5.74) is -0.797. The van der Waals surface area contributed by atoms with E-state index >= 15 is 0 Å². The van der Waals surface area contributed by atoms with Gasteiger partial charge in [0.1, 0.15) is 19.6 Å². The van der Waals surface area contributed by atoms with E-state index in [0.717, 1.165) is 0 Å². The van der Waals surface area contributed by atoms with Crippen molar-refractivity contribution in [3.05, 3.63) is 97.1 Å². The summed E-state index contributed by atoms with van der Waals surface area (Å²) in [6.45, 7) is 0. The van der Waals surface area contributed by atoms with Gasteiger partial charge in [0.05, 0.1) is 0 Å². The number of hydrogen-bond acceptors (Lipinski definition) is 8. The predicted molar refractivity (Wildman–Crippen MR) is 183 cm³/mol. The standard InChI is InChI=1S/C30H30O12P2S4/c31-45(32,33)26-14-5-1-10-22(26)43(23-11-2-6-15-27(23)46(34,35)36)20-30(18-9-19-30)21-44(24-12-3-7-16-28(24)47(37,38)39)25-13-4-8-17-29(25)48(40,41)42/h1-8,10-17H,9,18-21H2,(H,31,32,33)(H,34,35,36)(H,37,38,39)(H,40,41,42). The van der Waals surface area contributed by atoms with E-state index in [4.69, 9.17) is 0 Å². The van der Waals surface area contributed by atoms with Crippen LogP contribution in [0, 0.1) is 5.41 Å². The molecule has 0 atom stereocenters. The largest absolute Gasteiger partial charge is 0.295 e. The Labute approximate surface area is 281 Å². The lowest BCUT2D eigenvalue weighted by atomic mass is 9.72. The molecule has 4 aromatic rings. The summed E-state index contributed by atoms with van der Waals surface area (Å²) in [5, 5.41) is 0.438. The first kappa shape index (κ1) is 36.7. The molecular formula is C30H30O12P2S4. The Morgan fingerprint density at radius 1 is 0.438 bits per heavy atom. The van der Waals surface area contributed by atoms with Gasteiger partial charge in [-0.3, -0.25) is 18.2 Å². The number of rotatable bonds is 12. The van der Waals surface area contributed by atoms with Crippen molar-refractivity contribution < 1.29 is 51.9 Å². The molecule has 18 heteroatoms. The normalized spacial score (nSPS) is 15.4. The Morgan fingerprint density at radius 3 is 0.854 bits per heavy atom. The van der Waals surface area contributed by atoms with Crippen LogP contribution in [0.3, 0.4) is 0 Å². The molecule has 0 amide bonds. The SMILES string of the molecule is O=S(=O)(O)c1ccccc1P(CC1(CP(c2ccccc2S(=O)(=O)O)c2ccccc2S(=O)(=O)O)CCC1)c1ccccc1S(=O)(=O)O. The van der Waals surface area contributed by atoms with Crippen LogP contribution < -0.4 is 21.2 Å². The van der Waals surface area contributed by atoms with Crippen LogP contribution >= 0.6 is 15.8 Å². The van der Waals surface area contributed by atoms with Crippen LogP contribution in [0.1, 0.15) is 19.3 Å². The van der Waals surface area contributed by atoms with Crippen molar-refractivity contribution in [3.63, 3.8) is 0 Å². The highest BCUT2D eigenvalue weighted by molar-refractivity contribution is 7.89. The lowest BCUT2D eigenvalue weighted by Crippen LogP contribution is -2.41. The van der Waals surface area contributed by atoms with Gasteiger partial charge in [0.2, 0.25) is 0 Å². The van der Waals surface area contributed by atoms with Gasteiger partial charge in [-0.25, -0.2) is 0 Å². The van der Waals surface area contributed by atoms with E-state index in [0.29, 0.717) is 19.3 Å². The van der Waals surface area contributed by atoms with E-state index < -0.39 is 81.3 Å². The highest BCUT2D eigenvalue weighted by atomic mass is 32.2. The summed E-state index contributed by atoms with van der Waals surface area (Å²) in [4.78, 5) is -1.81. The molecule has 1 saturated carbocycles. The van der Waals surface area contributed by atoms with E-state index in [9.17, 15) is 51.9 Å². The molecule has 0 unspecified atom stereocenters. The third-order valence-electron chi connectivity index (χ3n) is 8.14. The molecule has 256 valence electrons. The van der Waals surface area contributed by atoms with E-state index in [-0.39, 0.29) is 33.5 Å². The average molecular weight is 773 g/mol. The molecule has 0 radical (unpaired) electrons. The second-order valence-corrected chi connectivity index (χ2v) is 21.1. The fraction of sp³-hybridized carbons (Fsp3) is 0.200. The van der Waals surface area contributed by atoms with Gasteiger partial charge >= 0.3 is 0 Å². The Morgan fingerprint density at radius 2 is 0.667 bits per heavy atom. The summed E-state index contributed by atoms with van der Waals surface area (Å²) in [6.07, 6.45) is 1.81. The van der Waals surface area contributed by atoms with Crippen molar-refractivity contribution in [2.24, 2.45) is 5.41 Å². The molecule has 1 aliphatic rings. The molecule has 0 spiro atoms. The molecule has 12 nitrogen and oxygen atoms in total. The Bertz CT molecular complexity index is 2000. The topological polar surface area (TPSA) is 217 Å². The first-order chi connectivity index (χ1) is 22.3. The van der Waals surface area contributed by atoms with Gasteiger partial charge in [0.15, 0.2) is 0 Å². The fourth-order valence-electron chi connectivity index (χ4n) is 5.91. The van der Waals surface area contributed by atoms with Gasteiger partial charge in [0, 0.05) is 21.2 Å². The van der Waals surface area contributed by atoms with Gasteiger partial charge in [-0.2, -0.15) is 33.7 Å². The maximum absolute atomic E-state index is 12.6. The van der Waals surface area contributed by atoms with Crippen LogP contribution in [-0.2, 0) is 40.5 Å². The van der Waals surface area contributed by atoms with Crippen molar-refractivity contribution in [1.82, 2.24) is 0 Å². The summed E-state index contributed by atoms with van der Waals surface area (Å²) >= 11 is 0. The summed E-state index contributed by atoms with van der Waals surface area (Å²) in [5.74, 6) is 0. The highest BCUT2D eigenvalue weighted by Gasteiger charge is 2.44. The third-order valence-corrected chi connectivity index (χ3v) is 18.2. The minimum absolute atomic E-state index is 0.0856. The maximum atomic E-state index is 12.6. The number of hydrogen-bond donors (Lipinski definition) is 4. The second kappa shape index (κ2) is 13.6. The Hall–Kier alpha value is -2.62. The fourth-order valence-corrected chi connectivity index (χ4v) is 16.9. The second-order valence-electron chi connectivity index (χ2n) is 11.3. The van der Waals surface area contributed by atoms with Crippen LogP contribution in [0.5, 0.6) is 0 Å². The minimum atomic E-state index is -4.81. The highest BCUT2D eigenvalue weighted by Crippen LogP contribution is 2.57. The zero-order valence-corrected chi connectivity index (χ0v) is 29.9. The first-order valence-corrected chi connectivity index (χ1v) is 22.9. The summed E-state index contributed by atoms with van der Waals surface area (Å²) < 4.78 is 141. The maximum Gasteiger partial charge on any atom is 0.295 e. The van der Waals surface area contributed by atoms with E-state index in [2.05, 4.69) is 0 Å². The van der Waals surface area contributed by atoms with Crippen molar-refractivity contribution >= 4 is 77.5 Å². The van der Waals surface area contributed by atoms with Gasteiger partial charge in [-0.15, -0.1) is 0 Å². The molecule has 0 heterocycles. The molecule has 0 aromatic heterocycles. The zero-order valence-electron chi connectivity index (χ0n) is 24.9. The smallest absolute Gasteiger partial charge is 0.282 e. The molecule has 4 aromatic carbocycles. The van der Waals surface area contributed by atoms with Gasteiger partial charge in [-0.05, 0) is 70.7 Å². The quantitative estimate of drug-likeness (QED) is 0.120. The lowest BCUT2D eigenvalue weighted by molar-refractivity contribution is 0.202. The van der Waals surface area contributed by atoms with E-state index in [1.807, 2.05) is 0 Å². The van der Waals surface area contributed by atoms with Crippen molar-refractivity contribution in [3.8, 4) is 0 Å². The summed E-state index contributed by atoms with van der Waals surface area (Å²) in [7, 11) is -23.2. The molecule has 48 heavy (non-hydrogen) atoms. The first-order valence-electron chi connectivity index (χ1n) is 14.1. The van der Waals surface area contributed by atoms with Crippen molar-refractivity contribution in [2.75, 3.05) is 12.3 Å². The van der Waals surface area contributed by atoms with Crippen molar-refractivity contribution in [1.29, 1.82) is 0 Å². The number of benzene rings is 4. The molecule has 5 rings (SSSR count). The predicted octanol–water partition coefficient (Wildman–Crippen LogP) is 3.41. The van der Waals surface area contributed by atoms with Crippen LogP contribution in [0.2, 0.25) is 0 Å². The summed E-state index contributed by atoms with van der Waals surface area (Å²) in [6, 6.07) is 22.2. The molecule has 0 saturated heterocycles. The minimum Gasteiger partial charge on any atom is -0.282 e. The molecule has 0 bridgehead atoms. The van der Waals surface area contributed by atoms with E-state index in [1.165, 1.54) is 97.1 Å².